The summed E-state index contributed by atoms with van der Waals surface area (Å²) in [6.45, 7) is 8.60. The first-order valence-electron chi connectivity index (χ1n) is 10.9. The molecule has 0 radical (unpaired) electrons. The third-order valence-electron chi connectivity index (χ3n) is 5.27. The van der Waals surface area contributed by atoms with Crippen LogP contribution in [0.5, 0.6) is 0 Å². The molecule has 0 bridgehead atoms. The second-order valence-corrected chi connectivity index (χ2v) is 7.48. The molecule has 1 aliphatic rings. The molecule has 3 N–H and O–H groups in total. The van der Waals surface area contributed by atoms with E-state index >= 15 is 0 Å². The van der Waals surface area contributed by atoms with Gasteiger partial charge in [0.15, 0.2) is 5.96 Å². The first-order valence-corrected chi connectivity index (χ1v) is 10.9. The van der Waals surface area contributed by atoms with Crippen LogP contribution in [0.25, 0.3) is 0 Å². The number of ether oxygens (including phenoxy) is 1. The third-order valence-corrected chi connectivity index (χ3v) is 5.27. The summed E-state index contributed by atoms with van der Waals surface area (Å²) in [5, 5.41) is 9.40. The molecule has 7 nitrogen and oxygen atoms in total. The molecule has 1 fully saturated rings. The van der Waals surface area contributed by atoms with E-state index in [1.54, 1.807) is 7.05 Å². The SMILES string of the molecule is CCNC(=NCc1ccc(C(=O)NC)cc1)NCc1ccccc1CN1CCOCC1. The molecule has 31 heavy (non-hydrogen) atoms. The summed E-state index contributed by atoms with van der Waals surface area (Å²) in [4.78, 5) is 18.8. The monoisotopic (exact) mass is 423 g/mol. The lowest BCUT2D eigenvalue weighted by Crippen LogP contribution is -2.38. The number of benzene rings is 2. The molecular weight excluding hydrogens is 390 g/mol. The molecule has 1 heterocycles. The Labute approximate surface area is 184 Å². The number of guanidine groups is 1. The Morgan fingerprint density at radius 2 is 1.74 bits per heavy atom. The molecule has 0 aromatic heterocycles. The predicted molar refractivity (Wildman–Crippen MR) is 124 cm³/mol. The smallest absolute Gasteiger partial charge is 0.251 e. The van der Waals surface area contributed by atoms with Gasteiger partial charge in [-0.05, 0) is 35.7 Å². The van der Waals surface area contributed by atoms with Crippen LogP contribution in [0.3, 0.4) is 0 Å². The molecule has 0 unspecified atom stereocenters. The van der Waals surface area contributed by atoms with E-state index in [2.05, 4.69) is 52.0 Å². The number of morpholine rings is 1. The van der Waals surface area contributed by atoms with E-state index < -0.39 is 0 Å². The summed E-state index contributed by atoms with van der Waals surface area (Å²) in [5.74, 6) is 0.694. The Hall–Kier alpha value is -2.90. The van der Waals surface area contributed by atoms with Crippen LogP contribution in [0.4, 0.5) is 0 Å². The van der Waals surface area contributed by atoms with Gasteiger partial charge in [0.1, 0.15) is 0 Å². The molecule has 1 aliphatic heterocycles. The Bertz CT molecular complexity index is 861. The molecular formula is C24H33N5O2. The van der Waals surface area contributed by atoms with Crippen LogP contribution < -0.4 is 16.0 Å². The van der Waals surface area contributed by atoms with Crippen molar-refractivity contribution in [3.8, 4) is 0 Å². The van der Waals surface area contributed by atoms with Gasteiger partial charge in [0.05, 0.1) is 19.8 Å². The van der Waals surface area contributed by atoms with Crippen LogP contribution in [0, 0.1) is 0 Å². The molecule has 1 saturated heterocycles. The summed E-state index contributed by atoms with van der Waals surface area (Å²) < 4.78 is 5.46. The zero-order valence-electron chi connectivity index (χ0n) is 18.5. The molecule has 0 spiro atoms. The van der Waals surface area contributed by atoms with Crippen molar-refractivity contribution in [2.24, 2.45) is 4.99 Å². The van der Waals surface area contributed by atoms with Gasteiger partial charge in [0, 0.05) is 45.3 Å². The van der Waals surface area contributed by atoms with Crippen LogP contribution in [-0.4, -0.2) is 56.7 Å². The van der Waals surface area contributed by atoms with E-state index in [0.29, 0.717) is 18.7 Å². The number of aliphatic imine (C=N–C) groups is 1. The number of nitrogens with zero attached hydrogens (tertiary/aromatic N) is 2. The molecule has 166 valence electrons. The summed E-state index contributed by atoms with van der Waals surface area (Å²) in [5.41, 5.74) is 4.31. The zero-order valence-corrected chi connectivity index (χ0v) is 18.5. The second-order valence-electron chi connectivity index (χ2n) is 7.48. The number of carbonyl (C=O) groups is 1. The van der Waals surface area contributed by atoms with Crippen molar-refractivity contribution >= 4 is 11.9 Å². The van der Waals surface area contributed by atoms with Crippen molar-refractivity contribution in [2.75, 3.05) is 39.9 Å². The van der Waals surface area contributed by atoms with E-state index in [0.717, 1.165) is 50.9 Å². The van der Waals surface area contributed by atoms with Gasteiger partial charge < -0.3 is 20.7 Å². The number of nitrogens with one attached hydrogen (secondary N) is 3. The van der Waals surface area contributed by atoms with Crippen molar-refractivity contribution in [3.63, 3.8) is 0 Å². The Kier molecular flexibility index (Phi) is 8.87. The number of amides is 1. The van der Waals surface area contributed by atoms with Gasteiger partial charge >= 0.3 is 0 Å². The van der Waals surface area contributed by atoms with Gasteiger partial charge in [-0.2, -0.15) is 0 Å². The summed E-state index contributed by atoms with van der Waals surface area (Å²) in [7, 11) is 1.63. The lowest BCUT2D eigenvalue weighted by Gasteiger charge is -2.27. The van der Waals surface area contributed by atoms with Gasteiger partial charge in [-0.15, -0.1) is 0 Å². The first-order chi connectivity index (χ1) is 15.2. The Balaban J connectivity index is 1.60. The first kappa shape index (κ1) is 22.8. The van der Waals surface area contributed by atoms with Crippen LogP contribution >= 0.6 is 0 Å². The van der Waals surface area contributed by atoms with E-state index in [1.165, 1.54) is 11.1 Å². The van der Waals surface area contributed by atoms with E-state index in [9.17, 15) is 4.79 Å². The molecule has 1 amide bonds. The lowest BCUT2D eigenvalue weighted by atomic mass is 10.1. The average molecular weight is 424 g/mol. The van der Waals surface area contributed by atoms with Crippen LogP contribution in [0.2, 0.25) is 0 Å². The van der Waals surface area contributed by atoms with E-state index in [1.807, 2.05) is 24.3 Å². The van der Waals surface area contributed by atoms with Crippen LogP contribution in [0.15, 0.2) is 53.5 Å². The maximum atomic E-state index is 11.7. The molecule has 2 aromatic carbocycles. The van der Waals surface area contributed by atoms with Crippen molar-refractivity contribution in [3.05, 3.63) is 70.8 Å². The summed E-state index contributed by atoms with van der Waals surface area (Å²) in [6, 6.07) is 16.1. The molecule has 0 aliphatic carbocycles. The van der Waals surface area contributed by atoms with Gasteiger partial charge in [-0.1, -0.05) is 36.4 Å². The van der Waals surface area contributed by atoms with Gasteiger partial charge in [-0.25, -0.2) is 4.99 Å². The molecule has 7 heteroatoms. The quantitative estimate of drug-likeness (QED) is 0.448. The van der Waals surface area contributed by atoms with Gasteiger partial charge in [-0.3, -0.25) is 9.69 Å². The molecule has 0 saturated carbocycles. The molecule has 0 atom stereocenters. The highest BCUT2D eigenvalue weighted by Crippen LogP contribution is 2.13. The van der Waals surface area contributed by atoms with Crippen molar-refractivity contribution in [1.82, 2.24) is 20.9 Å². The maximum absolute atomic E-state index is 11.7. The lowest BCUT2D eigenvalue weighted by molar-refractivity contribution is 0.0341. The Morgan fingerprint density at radius 1 is 1.03 bits per heavy atom. The van der Waals surface area contributed by atoms with E-state index in [4.69, 9.17) is 9.73 Å². The zero-order chi connectivity index (χ0) is 21.9. The highest BCUT2D eigenvalue weighted by Gasteiger charge is 2.13. The van der Waals surface area contributed by atoms with Gasteiger partial charge in [0.2, 0.25) is 0 Å². The second kappa shape index (κ2) is 12.1. The summed E-state index contributed by atoms with van der Waals surface area (Å²) >= 11 is 0. The van der Waals surface area contributed by atoms with Crippen molar-refractivity contribution in [1.29, 1.82) is 0 Å². The highest BCUT2D eigenvalue weighted by molar-refractivity contribution is 5.93. The van der Waals surface area contributed by atoms with Gasteiger partial charge in [0.25, 0.3) is 5.91 Å². The number of carbonyl (C=O) groups excluding carboxylic acids is 1. The number of hydrogen-bond acceptors (Lipinski definition) is 4. The number of rotatable bonds is 8. The standard InChI is InChI=1S/C24H33N5O2/c1-3-26-24(27-16-19-8-10-20(11-9-19)23(30)25-2)28-17-21-6-4-5-7-22(21)18-29-12-14-31-15-13-29/h4-11H,3,12-18H2,1-2H3,(H,25,30)(H2,26,27,28). The fraction of sp³-hybridized carbons (Fsp3) is 0.417. The number of hydrogen-bond donors (Lipinski definition) is 3. The minimum absolute atomic E-state index is 0.0826. The largest absolute Gasteiger partial charge is 0.379 e. The van der Waals surface area contributed by atoms with Crippen molar-refractivity contribution in [2.45, 2.75) is 26.6 Å². The fourth-order valence-corrected chi connectivity index (χ4v) is 3.48. The average Bonchev–Trinajstić information content (AvgIpc) is 2.82. The minimum Gasteiger partial charge on any atom is -0.379 e. The van der Waals surface area contributed by atoms with Crippen LogP contribution in [-0.2, 0) is 24.4 Å². The third kappa shape index (κ3) is 7.08. The highest BCUT2D eigenvalue weighted by atomic mass is 16.5. The fourth-order valence-electron chi connectivity index (χ4n) is 3.48. The Morgan fingerprint density at radius 3 is 2.42 bits per heavy atom. The molecule has 2 aromatic rings. The topological polar surface area (TPSA) is 78.0 Å². The van der Waals surface area contributed by atoms with E-state index in [-0.39, 0.29) is 5.91 Å². The normalized spacial score (nSPS) is 14.8. The van der Waals surface area contributed by atoms with Crippen molar-refractivity contribution < 1.29 is 9.53 Å². The predicted octanol–water partition coefficient (Wildman–Crippen LogP) is 2.13. The van der Waals surface area contributed by atoms with Crippen LogP contribution in [0.1, 0.15) is 34.0 Å². The maximum Gasteiger partial charge on any atom is 0.251 e. The summed E-state index contributed by atoms with van der Waals surface area (Å²) in [6.07, 6.45) is 0. The minimum atomic E-state index is -0.0826. The molecule has 3 rings (SSSR count).